The second-order valence-corrected chi connectivity index (χ2v) is 10.2. The van der Waals surface area contributed by atoms with E-state index in [2.05, 4.69) is 10.3 Å². The monoisotopic (exact) mass is 517 g/mol. The largest absolute Gasteiger partial charge is 0.474 e. The number of hydrogen-bond acceptors (Lipinski definition) is 5. The molecule has 12 heteroatoms. The Labute approximate surface area is 201 Å². The number of hydrogen-bond donors (Lipinski definition) is 1. The van der Waals surface area contributed by atoms with Gasteiger partial charge in [0.15, 0.2) is 0 Å². The number of benzene rings is 1. The van der Waals surface area contributed by atoms with Crippen LogP contribution in [0.1, 0.15) is 62.3 Å². The van der Waals surface area contributed by atoms with Gasteiger partial charge in [-0.25, -0.2) is 13.4 Å². The predicted octanol–water partition coefficient (Wildman–Crippen LogP) is 5.26. The standard InChI is InChI=1S/C23H27F4N3O4S/c1-3-20(31)28-18-11-7-8-15(21(18)35(32,33)30(2)27)14-16-12-13-19(23(24,25)26)29-22(16)34-17-9-5-4-6-10-17/h7-8,11-13,17H,3-6,9-10,14H2,1-2H3,(H,28,31). The van der Waals surface area contributed by atoms with Crippen molar-refractivity contribution < 1.29 is 35.6 Å². The first-order chi connectivity index (χ1) is 16.4. The van der Waals surface area contributed by atoms with E-state index in [9.17, 15) is 30.9 Å². The van der Waals surface area contributed by atoms with Gasteiger partial charge >= 0.3 is 6.18 Å². The van der Waals surface area contributed by atoms with Gasteiger partial charge in [-0.3, -0.25) is 4.79 Å². The molecular formula is C23H27F4N3O4S. The third-order valence-corrected chi connectivity index (χ3v) is 7.38. The van der Waals surface area contributed by atoms with Crippen molar-refractivity contribution >= 4 is 21.6 Å². The van der Waals surface area contributed by atoms with Crippen LogP contribution in [0.3, 0.4) is 0 Å². The molecule has 0 radical (unpaired) electrons. The maximum absolute atomic E-state index is 14.0. The van der Waals surface area contributed by atoms with E-state index in [1.807, 2.05) is 0 Å². The molecule has 192 valence electrons. The van der Waals surface area contributed by atoms with Crippen molar-refractivity contribution in [1.29, 1.82) is 0 Å². The Morgan fingerprint density at radius 1 is 1.14 bits per heavy atom. The second kappa shape index (κ2) is 10.9. The summed E-state index contributed by atoms with van der Waals surface area (Å²) in [7, 11) is -3.97. The number of halogens is 4. The summed E-state index contributed by atoms with van der Waals surface area (Å²) in [6.07, 6.45) is -1.07. The van der Waals surface area contributed by atoms with Crippen LogP contribution in [-0.2, 0) is 27.4 Å². The van der Waals surface area contributed by atoms with Crippen molar-refractivity contribution in [2.75, 3.05) is 12.4 Å². The Morgan fingerprint density at radius 3 is 2.43 bits per heavy atom. The molecule has 1 fully saturated rings. The van der Waals surface area contributed by atoms with Crippen LogP contribution in [0.2, 0.25) is 0 Å². The van der Waals surface area contributed by atoms with E-state index in [1.165, 1.54) is 24.3 Å². The fraction of sp³-hybridized carbons (Fsp3) is 0.478. The highest BCUT2D eigenvalue weighted by molar-refractivity contribution is 7.89. The summed E-state index contributed by atoms with van der Waals surface area (Å²) in [6.45, 7) is 1.57. The van der Waals surface area contributed by atoms with Gasteiger partial charge in [0.2, 0.25) is 11.8 Å². The van der Waals surface area contributed by atoms with E-state index in [0.29, 0.717) is 19.9 Å². The van der Waals surface area contributed by atoms with E-state index < -0.39 is 37.2 Å². The summed E-state index contributed by atoms with van der Waals surface area (Å²) in [6, 6.07) is 6.16. The lowest BCUT2D eigenvalue weighted by molar-refractivity contribution is -0.141. The highest BCUT2D eigenvalue weighted by Gasteiger charge is 2.34. The minimum Gasteiger partial charge on any atom is -0.474 e. The summed E-state index contributed by atoms with van der Waals surface area (Å²) >= 11 is 0. The lowest BCUT2D eigenvalue weighted by Crippen LogP contribution is -2.23. The molecule has 0 saturated heterocycles. The summed E-state index contributed by atoms with van der Waals surface area (Å²) < 4.78 is 85.1. The molecule has 0 atom stereocenters. The average Bonchev–Trinajstić information content (AvgIpc) is 2.80. The van der Waals surface area contributed by atoms with Gasteiger partial charge in [-0.1, -0.05) is 31.5 Å². The molecule has 0 spiro atoms. The van der Waals surface area contributed by atoms with Crippen molar-refractivity contribution in [2.24, 2.45) is 0 Å². The van der Waals surface area contributed by atoms with Crippen molar-refractivity contribution in [3.8, 4) is 5.88 Å². The van der Waals surface area contributed by atoms with Crippen molar-refractivity contribution in [3.63, 3.8) is 0 Å². The molecule has 7 nitrogen and oxygen atoms in total. The normalized spacial score (nSPS) is 15.3. The van der Waals surface area contributed by atoms with E-state index in [4.69, 9.17) is 4.74 Å². The van der Waals surface area contributed by atoms with Gasteiger partial charge in [0.1, 0.15) is 16.7 Å². The SMILES string of the molecule is CCC(=O)Nc1cccc(Cc2ccc(C(F)(F)F)nc2OC2CCCCC2)c1S(=O)(=O)N(C)F. The Kier molecular flexibility index (Phi) is 8.37. The van der Waals surface area contributed by atoms with Crippen LogP contribution >= 0.6 is 0 Å². The number of nitrogens with one attached hydrogen (secondary N) is 1. The number of alkyl halides is 3. The first-order valence-corrected chi connectivity index (χ1v) is 12.7. The van der Waals surface area contributed by atoms with Crippen LogP contribution in [0.25, 0.3) is 0 Å². The molecule has 0 aliphatic heterocycles. The summed E-state index contributed by atoms with van der Waals surface area (Å²) in [5.74, 6) is -0.732. The third-order valence-electron chi connectivity index (χ3n) is 5.72. The minimum atomic E-state index is -4.70. The van der Waals surface area contributed by atoms with E-state index >= 15 is 0 Å². The average molecular weight is 518 g/mol. The molecule has 1 aliphatic carbocycles. The Morgan fingerprint density at radius 2 is 1.83 bits per heavy atom. The predicted molar refractivity (Wildman–Crippen MR) is 121 cm³/mol. The van der Waals surface area contributed by atoms with Gasteiger partial charge in [-0.05, 0) is 47.9 Å². The fourth-order valence-electron chi connectivity index (χ4n) is 3.90. The second-order valence-electron chi connectivity index (χ2n) is 8.30. The number of carbonyl (C=O) groups excluding carboxylic acids is 1. The molecular weight excluding hydrogens is 490 g/mol. The van der Waals surface area contributed by atoms with Crippen LogP contribution in [0.4, 0.5) is 23.3 Å². The van der Waals surface area contributed by atoms with E-state index in [0.717, 1.165) is 25.3 Å². The molecule has 1 N–H and O–H groups in total. The van der Waals surface area contributed by atoms with Crippen molar-refractivity contribution in [3.05, 3.63) is 47.2 Å². The van der Waals surface area contributed by atoms with Crippen LogP contribution in [0.15, 0.2) is 35.2 Å². The number of aromatic nitrogens is 1. The smallest absolute Gasteiger partial charge is 0.433 e. The maximum atomic E-state index is 14.0. The van der Waals surface area contributed by atoms with Crippen LogP contribution in [-0.4, -0.2) is 37.0 Å². The van der Waals surface area contributed by atoms with Crippen molar-refractivity contribution in [1.82, 2.24) is 9.51 Å². The molecule has 1 aliphatic rings. The molecule has 0 unspecified atom stereocenters. The highest BCUT2D eigenvalue weighted by Crippen LogP contribution is 2.35. The highest BCUT2D eigenvalue weighted by atomic mass is 32.2. The lowest BCUT2D eigenvalue weighted by Gasteiger charge is -2.24. The molecule has 1 aromatic carbocycles. The van der Waals surface area contributed by atoms with E-state index in [1.54, 1.807) is 6.92 Å². The van der Waals surface area contributed by atoms with Crippen molar-refractivity contribution in [2.45, 2.75) is 69.0 Å². The van der Waals surface area contributed by atoms with Gasteiger partial charge in [0, 0.05) is 25.5 Å². The van der Waals surface area contributed by atoms with Crippen LogP contribution < -0.4 is 10.1 Å². The van der Waals surface area contributed by atoms with E-state index in [-0.39, 0.29) is 41.6 Å². The first-order valence-electron chi connectivity index (χ1n) is 11.2. The number of anilines is 1. The molecule has 35 heavy (non-hydrogen) atoms. The topological polar surface area (TPSA) is 88.6 Å². The van der Waals surface area contributed by atoms with Gasteiger partial charge in [-0.2, -0.15) is 13.2 Å². The van der Waals surface area contributed by atoms with Gasteiger partial charge < -0.3 is 10.1 Å². The van der Waals surface area contributed by atoms with Crippen LogP contribution in [0.5, 0.6) is 5.88 Å². The molecule has 2 aromatic rings. The molecule has 1 saturated carbocycles. The fourth-order valence-corrected chi connectivity index (χ4v) is 5.02. The molecule has 1 amide bonds. The number of pyridine rings is 1. The number of amides is 1. The zero-order valence-electron chi connectivity index (χ0n) is 19.4. The molecule has 1 heterocycles. The number of sulfonamides is 1. The Bertz CT molecular complexity index is 1160. The molecule has 0 bridgehead atoms. The number of nitrogens with zero attached hydrogens (tertiary/aromatic N) is 2. The van der Waals surface area contributed by atoms with Gasteiger partial charge in [0.25, 0.3) is 10.0 Å². The Hall–Kier alpha value is -2.73. The summed E-state index contributed by atoms with van der Waals surface area (Å²) in [5, 5.41) is 2.45. The van der Waals surface area contributed by atoms with Crippen LogP contribution in [0, 0.1) is 0 Å². The quantitative estimate of drug-likeness (QED) is 0.381. The number of rotatable bonds is 8. The molecule has 1 aromatic heterocycles. The van der Waals surface area contributed by atoms with Gasteiger partial charge in [0.05, 0.1) is 5.69 Å². The molecule has 3 rings (SSSR count). The first kappa shape index (κ1) is 26.9. The zero-order chi connectivity index (χ0) is 25.8. The summed E-state index contributed by atoms with van der Waals surface area (Å²) in [5.41, 5.74) is -0.986. The Balaban J connectivity index is 2.09. The number of ether oxygens (including phenoxy) is 1. The summed E-state index contributed by atoms with van der Waals surface area (Å²) in [4.78, 5) is 15.2. The third kappa shape index (κ3) is 6.49. The number of carbonyl (C=O) groups is 1. The maximum Gasteiger partial charge on any atom is 0.433 e. The lowest BCUT2D eigenvalue weighted by atomic mass is 9.97. The zero-order valence-corrected chi connectivity index (χ0v) is 20.2. The minimum absolute atomic E-state index is 0.0530. The van der Waals surface area contributed by atoms with Gasteiger partial charge in [-0.15, -0.1) is 4.48 Å².